The van der Waals surface area contributed by atoms with Gasteiger partial charge >= 0.3 is 5.97 Å². The van der Waals surface area contributed by atoms with Crippen LogP contribution < -0.4 is 0 Å². The number of allylic oxidation sites excluding steroid dienone is 3. The lowest BCUT2D eigenvalue weighted by Crippen LogP contribution is -2.53. The molecular weight excluding hydrogens is 272 g/mol. The summed E-state index contributed by atoms with van der Waals surface area (Å²) in [4.78, 5) is 11.9. The van der Waals surface area contributed by atoms with Crippen molar-refractivity contribution in [2.45, 2.75) is 65.7 Å². The highest BCUT2D eigenvalue weighted by atomic mass is 16.4. The van der Waals surface area contributed by atoms with Gasteiger partial charge in [-0.3, -0.25) is 4.79 Å². The first-order valence-electron chi connectivity index (χ1n) is 8.81. The van der Waals surface area contributed by atoms with Crippen LogP contribution in [0.3, 0.4) is 0 Å². The fourth-order valence-corrected chi connectivity index (χ4v) is 5.86. The van der Waals surface area contributed by atoms with E-state index in [9.17, 15) is 9.90 Å². The summed E-state index contributed by atoms with van der Waals surface area (Å²) in [6.07, 6.45) is 12.0. The summed E-state index contributed by atoms with van der Waals surface area (Å²) in [6, 6.07) is 0. The average Bonchev–Trinajstić information content (AvgIpc) is 2.46. The Morgan fingerprint density at radius 3 is 2.68 bits per heavy atom. The predicted octanol–water partition coefficient (Wildman–Crippen LogP) is 5.21. The highest BCUT2D eigenvalue weighted by molar-refractivity contribution is 5.75. The molecule has 122 valence electrons. The lowest BCUT2D eigenvalue weighted by atomic mass is 9.45. The van der Waals surface area contributed by atoms with E-state index < -0.39 is 11.4 Å². The van der Waals surface area contributed by atoms with Gasteiger partial charge in [-0.1, -0.05) is 38.0 Å². The Labute approximate surface area is 134 Å². The summed E-state index contributed by atoms with van der Waals surface area (Å²) in [7, 11) is 0. The van der Waals surface area contributed by atoms with Gasteiger partial charge < -0.3 is 5.11 Å². The van der Waals surface area contributed by atoms with Gasteiger partial charge in [0.05, 0.1) is 5.41 Å². The standard InChI is InChI=1S/C20H30O2/c1-5-18(2)12-9-15-14(13-18)7-8-16-19(15,3)10-6-11-20(16,4)17(21)22/h5,7,15-16H,1,6,8-13H2,2-4H3,(H,21,22)/t15?,16-,18+,19-,20-/m1/s1. The van der Waals surface area contributed by atoms with Crippen molar-refractivity contribution in [1.29, 1.82) is 0 Å². The van der Waals surface area contributed by atoms with Gasteiger partial charge in [0.1, 0.15) is 0 Å². The second-order valence-electron chi connectivity index (χ2n) is 8.78. The number of carbonyl (C=O) groups is 1. The molecule has 2 saturated carbocycles. The molecule has 2 heteroatoms. The molecule has 0 aromatic heterocycles. The summed E-state index contributed by atoms with van der Waals surface area (Å²) in [5, 5.41) is 9.83. The van der Waals surface area contributed by atoms with Gasteiger partial charge in [-0.15, -0.1) is 6.58 Å². The van der Waals surface area contributed by atoms with Gasteiger partial charge in [-0.25, -0.2) is 0 Å². The number of fused-ring (bicyclic) bond motifs is 3. The molecule has 2 fully saturated rings. The fourth-order valence-electron chi connectivity index (χ4n) is 5.86. The lowest BCUT2D eigenvalue weighted by Gasteiger charge is -2.58. The van der Waals surface area contributed by atoms with Crippen molar-refractivity contribution in [1.82, 2.24) is 0 Å². The molecule has 5 atom stereocenters. The summed E-state index contributed by atoms with van der Waals surface area (Å²) < 4.78 is 0. The Hall–Kier alpha value is -1.05. The molecule has 22 heavy (non-hydrogen) atoms. The van der Waals surface area contributed by atoms with Gasteiger partial charge in [0.25, 0.3) is 0 Å². The third-order valence-electron chi connectivity index (χ3n) is 7.43. The molecule has 0 amide bonds. The van der Waals surface area contributed by atoms with Gasteiger partial charge in [0, 0.05) is 0 Å². The van der Waals surface area contributed by atoms with Crippen LogP contribution in [-0.4, -0.2) is 11.1 Å². The second-order valence-corrected chi connectivity index (χ2v) is 8.78. The van der Waals surface area contributed by atoms with Gasteiger partial charge in [0.15, 0.2) is 0 Å². The third kappa shape index (κ3) is 2.10. The molecule has 2 nitrogen and oxygen atoms in total. The molecule has 0 aromatic carbocycles. The molecule has 3 aliphatic carbocycles. The van der Waals surface area contributed by atoms with Crippen LogP contribution in [0, 0.1) is 28.1 Å². The van der Waals surface area contributed by atoms with E-state index in [1.165, 1.54) is 19.3 Å². The van der Waals surface area contributed by atoms with Crippen molar-refractivity contribution in [3.63, 3.8) is 0 Å². The molecule has 0 heterocycles. The second kappa shape index (κ2) is 4.97. The maximum absolute atomic E-state index is 11.9. The minimum absolute atomic E-state index is 0.165. The van der Waals surface area contributed by atoms with Crippen molar-refractivity contribution < 1.29 is 9.90 Å². The smallest absolute Gasteiger partial charge is 0.309 e. The van der Waals surface area contributed by atoms with Crippen molar-refractivity contribution >= 4 is 5.97 Å². The topological polar surface area (TPSA) is 37.3 Å². The maximum atomic E-state index is 11.9. The summed E-state index contributed by atoms with van der Waals surface area (Å²) in [5.74, 6) is 0.276. The maximum Gasteiger partial charge on any atom is 0.309 e. The number of rotatable bonds is 2. The molecule has 3 aliphatic rings. The zero-order valence-corrected chi connectivity index (χ0v) is 14.3. The normalized spacial score (nSPS) is 47.9. The molecule has 1 N–H and O–H groups in total. The van der Waals surface area contributed by atoms with Crippen LogP contribution in [-0.2, 0) is 4.79 Å². The predicted molar refractivity (Wildman–Crippen MR) is 89.5 cm³/mol. The molecule has 0 bridgehead atoms. The van der Waals surface area contributed by atoms with Crippen molar-refractivity contribution in [2.75, 3.05) is 0 Å². The molecular formula is C20H30O2. The van der Waals surface area contributed by atoms with Crippen LogP contribution in [0.5, 0.6) is 0 Å². The van der Waals surface area contributed by atoms with Crippen LogP contribution in [0.1, 0.15) is 65.7 Å². The van der Waals surface area contributed by atoms with Gasteiger partial charge in [-0.2, -0.15) is 0 Å². The largest absolute Gasteiger partial charge is 0.481 e. The first-order chi connectivity index (χ1) is 10.3. The Kier molecular flexibility index (Phi) is 3.58. The quantitative estimate of drug-likeness (QED) is 0.711. The van der Waals surface area contributed by atoms with Gasteiger partial charge in [0.2, 0.25) is 0 Å². The SMILES string of the molecule is C=C[C@@]1(C)CCC2C(=CC[C@H]3[C@](C)(C(=O)O)CCC[C@]23C)C1. The molecule has 0 radical (unpaired) electrons. The van der Waals surface area contributed by atoms with Crippen LogP contribution in [0.4, 0.5) is 0 Å². The van der Waals surface area contributed by atoms with Crippen LogP contribution in [0.2, 0.25) is 0 Å². The number of hydrogen-bond acceptors (Lipinski definition) is 1. The number of aliphatic carboxylic acids is 1. The van der Waals surface area contributed by atoms with Crippen LogP contribution in [0.15, 0.2) is 24.3 Å². The van der Waals surface area contributed by atoms with E-state index in [-0.39, 0.29) is 16.7 Å². The van der Waals surface area contributed by atoms with Crippen LogP contribution in [0.25, 0.3) is 0 Å². The highest BCUT2D eigenvalue weighted by Crippen LogP contribution is 2.63. The Balaban J connectivity index is 1.98. The first-order valence-corrected chi connectivity index (χ1v) is 8.81. The van der Waals surface area contributed by atoms with E-state index in [4.69, 9.17) is 0 Å². The minimum Gasteiger partial charge on any atom is -0.481 e. The Bertz CT molecular complexity index is 534. The van der Waals surface area contributed by atoms with Crippen molar-refractivity contribution in [2.24, 2.45) is 28.1 Å². The molecule has 3 rings (SSSR count). The van der Waals surface area contributed by atoms with E-state index in [1.807, 2.05) is 6.92 Å². The van der Waals surface area contributed by atoms with Gasteiger partial charge in [-0.05, 0) is 68.1 Å². The summed E-state index contributed by atoms with van der Waals surface area (Å²) in [6.45, 7) is 10.7. The number of carboxylic acid groups (broad SMARTS) is 1. The molecule has 1 unspecified atom stereocenters. The highest BCUT2D eigenvalue weighted by Gasteiger charge is 2.58. The zero-order chi connectivity index (χ0) is 16.2. The van der Waals surface area contributed by atoms with Crippen LogP contribution >= 0.6 is 0 Å². The zero-order valence-electron chi connectivity index (χ0n) is 14.3. The number of hydrogen-bond donors (Lipinski definition) is 1. The third-order valence-corrected chi connectivity index (χ3v) is 7.43. The Morgan fingerprint density at radius 1 is 1.32 bits per heavy atom. The fraction of sp³-hybridized carbons (Fsp3) is 0.750. The Morgan fingerprint density at radius 2 is 2.05 bits per heavy atom. The van der Waals surface area contributed by atoms with E-state index in [1.54, 1.807) is 5.57 Å². The molecule has 0 saturated heterocycles. The molecule has 0 aromatic rings. The molecule has 0 aliphatic heterocycles. The minimum atomic E-state index is -0.591. The van der Waals surface area contributed by atoms with E-state index in [0.29, 0.717) is 5.92 Å². The van der Waals surface area contributed by atoms with E-state index in [2.05, 4.69) is 32.6 Å². The van der Waals surface area contributed by atoms with Crippen molar-refractivity contribution in [3.8, 4) is 0 Å². The first kappa shape index (κ1) is 15.8. The lowest BCUT2D eigenvalue weighted by molar-refractivity contribution is -0.163. The summed E-state index contributed by atoms with van der Waals surface area (Å²) >= 11 is 0. The summed E-state index contributed by atoms with van der Waals surface area (Å²) in [5.41, 5.74) is 1.43. The van der Waals surface area contributed by atoms with E-state index in [0.717, 1.165) is 25.7 Å². The van der Waals surface area contributed by atoms with E-state index >= 15 is 0 Å². The molecule has 0 spiro atoms. The monoisotopic (exact) mass is 302 g/mol. The number of carboxylic acids is 1. The van der Waals surface area contributed by atoms with Crippen molar-refractivity contribution in [3.05, 3.63) is 24.3 Å². The average molecular weight is 302 g/mol.